The third-order valence-corrected chi connectivity index (χ3v) is 6.92. The van der Waals surface area contributed by atoms with Gasteiger partial charge in [0.15, 0.2) is 0 Å². The molecule has 0 aromatic heterocycles. The van der Waals surface area contributed by atoms with Crippen molar-refractivity contribution in [2.75, 3.05) is 0 Å². The number of terminal acetylenes is 1. The van der Waals surface area contributed by atoms with E-state index in [1.807, 2.05) is 62.4 Å². The molecule has 3 amide bonds. The molecule has 0 heterocycles. The average Bonchev–Trinajstić information content (AvgIpc) is 2.87. The topological polar surface area (TPSA) is 87.7 Å². The predicted octanol–water partition coefficient (Wildman–Crippen LogP) is 5.35. The summed E-state index contributed by atoms with van der Waals surface area (Å²) >= 11 is 0. The summed E-state index contributed by atoms with van der Waals surface area (Å²) in [5, 5.41) is 5.87. The standard InChI is InChI=1S/C32H41N3O4/c1-7-35(30(37)26(21-24-17-10-8-11-18-24)34-31(38)39-32(4,5)6)28(27-22(2)15-14-16-23(27)3)29(36)33-25-19-12-9-13-20-25/h1,8,10-11,14-18,25-26,28H,9,12-13,19-21H2,2-6H3,(H,33,36)(H,34,38). The van der Waals surface area contributed by atoms with Gasteiger partial charge in [-0.1, -0.05) is 74.2 Å². The number of alkyl carbamates (subject to hydrolysis) is 1. The lowest BCUT2D eigenvalue weighted by atomic mass is 9.92. The highest BCUT2D eigenvalue weighted by atomic mass is 16.6. The number of nitrogens with zero attached hydrogens (tertiary/aromatic N) is 1. The van der Waals surface area contributed by atoms with Gasteiger partial charge in [0.1, 0.15) is 17.7 Å². The molecule has 2 atom stereocenters. The molecule has 2 aromatic rings. The number of aryl methyl sites for hydroxylation is 2. The van der Waals surface area contributed by atoms with Gasteiger partial charge in [-0.05, 0) is 69.7 Å². The van der Waals surface area contributed by atoms with Crippen LogP contribution in [-0.4, -0.2) is 40.5 Å². The Balaban J connectivity index is 2.00. The van der Waals surface area contributed by atoms with E-state index < -0.39 is 29.7 Å². The van der Waals surface area contributed by atoms with Crippen LogP contribution in [0.3, 0.4) is 0 Å². The maximum atomic E-state index is 14.1. The van der Waals surface area contributed by atoms with Crippen LogP contribution in [0.5, 0.6) is 0 Å². The van der Waals surface area contributed by atoms with Crippen LogP contribution in [-0.2, 0) is 20.7 Å². The van der Waals surface area contributed by atoms with Crippen LogP contribution >= 0.6 is 0 Å². The Hall–Kier alpha value is -3.79. The third-order valence-electron chi connectivity index (χ3n) is 6.92. The average molecular weight is 532 g/mol. The van der Waals surface area contributed by atoms with Crippen LogP contribution in [0.15, 0.2) is 48.5 Å². The van der Waals surface area contributed by atoms with E-state index in [4.69, 9.17) is 11.2 Å². The number of nitrogens with one attached hydrogen (secondary N) is 2. The highest BCUT2D eigenvalue weighted by Crippen LogP contribution is 2.29. The highest BCUT2D eigenvalue weighted by molar-refractivity contribution is 5.94. The monoisotopic (exact) mass is 531 g/mol. The van der Waals surface area contributed by atoms with Gasteiger partial charge in [-0.15, -0.1) is 0 Å². The third kappa shape index (κ3) is 8.35. The van der Waals surface area contributed by atoms with Gasteiger partial charge >= 0.3 is 6.09 Å². The van der Waals surface area contributed by atoms with E-state index in [1.54, 1.807) is 20.8 Å². The summed E-state index contributed by atoms with van der Waals surface area (Å²) in [6, 6.07) is 15.5. The number of hydrogen-bond donors (Lipinski definition) is 2. The Morgan fingerprint density at radius 2 is 1.62 bits per heavy atom. The fourth-order valence-electron chi connectivity index (χ4n) is 5.10. The summed E-state index contributed by atoms with van der Waals surface area (Å²) in [6.07, 6.45) is 10.5. The SMILES string of the molecule is C#CN(C(=O)C(Cc1ccccc1)NC(=O)OC(C)(C)C)C(C(=O)NC1CCCCC1)c1c(C)cccc1C. The first-order valence-electron chi connectivity index (χ1n) is 13.7. The van der Waals surface area contributed by atoms with Crippen LogP contribution in [0, 0.1) is 26.3 Å². The molecule has 2 aromatic carbocycles. The van der Waals surface area contributed by atoms with Crippen molar-refractivity contribution in [2.45, 2.75) is 96.9 Å². The summed E-state index contributed by atoms with van der Waals surface area (Å²) in [5.74, 6) is -0.875. The van der Waals surface area contributed by atoms with Crippen molar-refractivity contribution in [3.63, 3.8) is 0 Å². The Kier molecular flexibility index (Phi) is 10.2. The van der Waals surface area contributed by atoms with Crippen molar-refractivity contribution in [2.24, 2.45) is 0 Å². The van der Waals surface area contributed by atoms with E-state index in [0.29, 0.717) is 5.56 Å². The second-order valence-electron chi connectivity index (χ2n) is 11.3. The van der Waals surface area contributed by atoms with E-state index in [0.717, 1.165) is 53.7 Å². The Morgan fingerprint density at radius 3 is 2.18 bits per heavy atom. The second-order valence-corrected chi connectivity index (χ2v) is 11.3. The van der Waals surface area contributed by atoms with Crippen LogP contribution in [0.4, 0.5) is 4.79 Å². The number of ether oxygens (including phenoxy) is 1. The molecular formula is C32H41N3O4. The molecule has 7 nitrogen and oxygen atoms in total. The first kappa shape index (κ1) is 29.8. The van der Waals surface area contributed by atoms with E-state index in [9.17, 15) is 14.4 Å². The molecule has 0 spiro atoms. The largest absolute Gasteiger partial charge is 0.444 e. The summed E-state index contributed by atoms with van der Waals surface area (Å²) in [5.41, 5.74) is 2.47. The van der Waals surface area contributed by atoms with E-state index >= 15 is 0 Å². The zero-order valence-corrected chi connectivity index (χ0v) is 23.8. The van der Waals surface area contributed by atoms with Crippen molar-refractivity contribution in [1.82, 2.24) is 15.5 Å². The van der Waals surface area contributed by atoms with Crippen LogP contribution < -0.4 is 10.6 Å². The Labute approximate surface area is 232 Å². The van der Waals surface area contributed by atoms with Gasteiger partial charge in [-0.3, -0.25) is 14.5 Å². The number of carbonyl (C=O) groups is 3. The lowest BCUT2D eigenvalue weighted by Crippen LogP contribution is -2.53. The minimum Gasteiger partial charge on any atom is -0.444 e. The van der Waals surface area contributed by atoms with Crippen molar-refractivity contribution >= 4 is 17.9 Å². The number of rotatable bonds is 8. The normalized spacial score (nSPS) is 15.4. The zero-order chi connectivity index (χ0) is 28.6. The summed E-state index contributed by atoms with van der Waals surface area (Å²) in [6.45, 7) is 9.06. The van der Waals surface area contributed by atoms with Gasteiger partial charge < -0.3 is 15.4 Å². The van der Waals surface area contributed by atoms with Gasteiger partial charge in [0, 0.05) is 18.5 Å². The molecule has 3 rings (SSSR count). The zero-order valence-electron chi connectivity index (χ0n) is 23.8. The molecule has 1 aliphatic carbocycles. The molecule has 2 N–H and O–H groups in total. The van der Waals surface area contributed by atoms with Crippen LogP contribution in [0.25, 0.3) is 0 Å². The molecule has 0 radical (unpaired) electrons. The molecule has 7 heteroatoms. The van der Waals surface area contributed by atoms with Gasteiger partial charge in [-0.2, -0.15) is 0 Å². The molecule has 1 saturated carbocycles. The summed E-state index contributed by atoms with van der Waals surface area (Å²) < 4.78 is 5.45. The Bertz CT molecular complexity index is 1170. The van der Waals surface area contributed by atoms with Crippen molar-refractivity contribution in [3.8, 4) is 12.5 Å². The fourth-order valence-corrected chi connectivity index (χ4v) is 5.10. The molecule has 39 heavy (non-hydrogen) atoms. The molecular weight excluding hydrogens is 490 g/mol. The Morgan fingerprint density at radius 1 is 1.00 bits per heavy atom. The molecule has 0 bridgehead atoms. The van der Waals surface area contributed by atoms with Crippen LogP contribution in [0.2, 0.25) is 0 Å². The van der Waals surface area contributed by atoms with Gasteiger partial charge in [0.25, 0.3) is 5.91 Å². The molecule has 1 fully saturated rings. The van der Waals surface area contributed by atoms with Gasteiger partial charge in [0.05, 0.1) is 0 Å². The fraction of sp³-hybridized carbons (Fsp3) is 0.469. The first-order chi connectivity index (χ1) is 18.5. The minimum absolute atomic E-state index is 0.0350. The van der Waals surface area contributed by atoms with Gasteiger partial charge in [-0.25, -0.2) is 4.79 Å². The highest BCUT2D eigenvalue weighted by Gasteiger charge is 2.38. The van der Waals surface area contributed by atoms with Crippen molar-refractivity contribution < 1.29 is 19.1 Å². The number of amides is 3. The maximum absolute atomic E-state index is 14.1. The van der Waals surface area contributed by atoms with E-state index in [1.165, 1.54) is 0 Å². The molecule has 1 aliphatic rings. The summed E-state index contributed by atoms with van der Waals surface area (Å²) in [7, 11) is 0. The molecule has 208 valence electrons. The van der Waals surface area contributed by atoms with E-state index in [2.05, 4.69) is 16.7 Å². The van der Waals surface area contributed by atoms with Crippen molar-refractivity contribution in [1.29, 1.82) is 0 Å². The number of benzene rings is 2. The van der Waals surface area contributed by atoms with Gasteiger partial charge in [0.2, 0.25) is 5.91 Å². The first-order valence-corrected chi connectivity index (χ1v) is 13.7. The lowest BCUT2D eigenvalue weighted by molar-refractivity contribution is -0.139. The quantitative estimate of drug-likeness (QED) is 0.355. The maximum Gasteiger partial charge on any atom is 0.408 e. The van der Waals surface area contributed by atoms with Crippen LogP contribution in [0.1, 0.15) is 81.2 Å². The number of carbonyl (C=O) groups excluding carboxylic acids is 3. The van der Waals surface area contributed by atoms with Crippen molar-refractivity contribution in [3.05, 3.63) is 70.8 Å². The minimum atomic E-state index is -1.05. The smallest absolute Gasteiger partial charge is 0.408 e. The van der Waals surface area contributed by atoms with E-state index in [-0.39, 0.29) is 18.4 Å². The molecule has 0 aliphatic heterocycles. The number of hydrogen-bond acceptors (Lipinski definition) is 4. The second kappa shape index (κ2) is 13.3. The summed E-state index contributed by atoms with van der Waals surface area (Å²) in [4.78, 5) is 42.0. The molecule has 2 unspecified atom stereocenters. The lowest BCUT2D eigenvalue weighted by Gasteiger charge is -2.33. The predicted molar refractivity (Wildman–Crippen MR) is 153 cm³/mol. The molecule has 0 saturated heterocycles.